The average molecular weight is 207 g/mol. The topological polar surface area (TPSA) is 64.9 Å². The molecule has 0 spiro atoms. The largest absolute Gasteiger partial charge is 0.439 e. The number of aryl methyl sites for hydroxylation is 1. The summed E-state index contributed by atoms with van der Waals surface area (Å²) in [6.07, 6.45) is 3.22. The predicted molar refractivity (Wildman–Crippen MR) is 54.0 cm³/mol. The fraction of sp³-hybridized carbons (Fsp3) is 0.111. The normalized spacial score (nSPS) is 10.4. The molecule has 0 saturated carbocycles. The number of nitrogens with two attached hydrogens (primary N) is 1. The van der Waals surface area contributed by atoms with Crippen LogP contribution in [-0.2, 0) is 0 Å². The van der Waals surface area contributed by atoms with Gasteiger partial charge in [-0.05, 0) is 30.8 Å². The molecule has 0 bridgehead atoms. The van der Waals surface area contributed by atoms with Crippen molar-refractivity contribution in [2.24, 2.45) is 0 Å². The van der Waals surface area contributed by atoms with Crippen LogP contribution in [0.15, 0.2) is 39.3 Å². The van der Waals surface area contributed by atoms with Gasteiger partial charge in [0.05, 0.1) is 17.6 Å². The fourth-order valence-electron chi connectivity index (χ4n) is 0.921. The van der Waals surface area contributed by atoms with Crippen molar-refractivity contribution in [2.75, 3.05) is 5.73 Å². The van der Waals surface area contributed by atoms with Crippen LogP contribution in [0.25, 0.3) is 0 Å². The molecule has 0 aliphatic carbocycles. The van der Waals surface area contributed by atoms with Gasteiger partial charge in [0.15, 0.2) is 0 Å². The van der Waals surface area contributed by atoms with Gasteiger partial charge in [0, 0.05) is 0 Å². The van der Waals surface area contributed by atoms with E-state index in [4.69, 9.17) is 10.2 Å². The van der Waals surface area contributed by atoms with Crippen LogP contribution in [0.2, 0.25) is 0 Å². The van der Waals surface area contributed by atoms with E-state index in [-0.39, 0.29) is 0 Å². The van der Waals surface area contributed by atoms with Crippen LogP contribution in [0.5, 0.6) is 0 Å². The quantitative estimate of drug-likeness (QED) is 0.817. The van der Waals surface area contributed by atoms with Crippen LogP contribution in [0.4, 0.5) is 5.69 Å². The van der Waals surface area contributed by atoms with E-state index < -0.39 is 0 Å². The van der Waals surface area contributed by atoms with E-state index in [2.05, 4.69) is 9.97 Å². The van der Waals surface area contributed by atoms with Crippen molar-refractivity contribution in [3.63, 3.8) is 0 Å². The number of nitrogens with zero attached hydrogens (tertiary/aromatic N) is 2. The maximum atomic E-state index is 5.51. The van der Waals surface area contributed by atoms with E-state index >= 15 is 0 Å². The molecular formula is C9H9N3OS. The molecule has 2 N–H and O–H groups in total. The molecule has 2 heterocycles. The highest BCUT2D eigenvalue weighted by molar-refractivity contribution is 7.99. The Labute approximate surface area is 85.6 Å². The molecule has 72 valence electrons. The summed E-state index contributed by atoms with van der Waals surface area (Å²) >= 11 is 1.37. The molecule has 0 saturated heterocycles. The van der Waals surface area contributed by atoms with Crippen LogP contribution in [0.3, 0.4) is 0 Å². The Morgan fingerprint density at radius 1 is 1.43 bits per heavy atom. The number of aromatic nitrogens is 2. The van der Waals surface area contributed by atoms with Gasteiger partial charge < -0.3 is 10.2 Å². The lowest BCUT2D eigenvalue weighted by molar-refractivity contribution is 0.454. The summed E-state index contributed by atoms with van der Waals surface area (Å²) in [6.45, 7) is 1.88. The zero-order valence-corrected chi connectivity index (χ0v) is 8.41. The van der Waals surface area contributed by atoms with Crippen LogP contribution in [0.1, 0.15) is 5.69 Å². The van der Waals surface area contributed by atoms with Crippen molar-refractivity contribution >= 4 is 17.4 Å². The summed E-state index contributed by atoms with van der Waals surface area (Å²) in [5.41, 5.74) is 7.03. The highest BCUT2D eigenvalue weighted by atomic mass is 32.2. The lowest BCUT2D eigenvalue weighted by Gasteiger charge is -1.95. The Balaban J connectivity index is 2.15. The smallest absolute Gasteiger partial charge is 0.262 e. The maximum Gasteiger partial charge on any atom is 0.262 e. The molecule has 0 fully saturated rings. The van der Waals surface area contributed by atoms with Gasteiger partial charge >= 0.3 is 0 Å². The molecule has 0 aliphatic rings. The van der Waals surface area contributed by atoms with Gasteiger partial charge in [0.25, 0.3) is 5.22 Å². The number of pyridine rings is 1. The molecule has 4 nitrogen and oxygen atoms in total. The molecule has 0 aliphatic heterocycles. The molecule has 14 heavy (non-hydrogen) atoms. The minimum Gasteiger partial charge on any atom is -0.439 e. The van der Waals surface area contributed by atoms with Crippen LogP contribution < -0.4 is 5.73 Å². The summed E-state index contributed by atoms with van der Waals surface area (Å²) in [4.78, 5) is 8.27. The molecule has 0 amide bonds. The fourth-order valence-corrected chi connectivity index (χ4v) is 1.63. The molecule has 0 aromatic carbocycles. The van der Waals surface area contributed by atoms with E-state index in [1.54, 1.807) is 18.5 Å². The molecule has 2 aromatic rings. The van der Waals surface area contributed by atoms with Gasteiger partial charge in [-0.25, -0.2) is 9.97 Å². The number of nitrogen functional groups attached to an aromatic ring is 1. The Hall–Kier alpha value is -1.49. The first-order valence-corrected chi connectivity index (χ1v) is 4.87. The van der Waals surface area contributed by atoms with Crippen molar-refractivity contribution in [1.29, 1.82) is 0 Å². The minimum atomic E-state index is 0.597. The number of rotatable bonds is 2. The Morgan fingerprint density at radius 3 is 2.86 bits per heavy atom. The van der Waals surface area contributed by atoms with Crippen molar-refractivity contribution in [1.82, 2.24) is 9.97 Å². The summed E-state index contributed by atoms with van der Waals surface area (Å²) in [7, 11) is 0. The minimum absolute atomic E-state index is 0.597. The maximum absolute atomic E-state index is 5.51. The summed E-state index contributed by atoms with van der Waals surface area (Å²) < 4.78 is 5.18. The zero-order valence-electron chi connectivity index (χ0n) is 7.60. The van der Waals surface area contributed by atoms with Gasteiger partial charge in [-0.15, -0.1) is 0 Å². The second kappa shape index (κ2) is 3.71. The molecule has 0 atom stereocenters. The lowest BCUT2D eigenvalue weighted by Crippen LogP contribution is -1.86. The van der Waals surface area contributed by atoms with E-state index in [0.29, 0.717) is 10.9 Å². The van der Waals surface area contributed by atoms with Gasteiger partial charge in [-0.3, -0.25) is 0 Å². The van der Waals surface area contributed by atoms with E-state index in [1.807, 2.05) is 13.0 Å². The van der Waals surface area contributed by atoms with Crippen molar-refractivity contribution in [3.8, 4) is 0 Å². The summed E-state index contributed by atoms with van der Waals surface area (Å²) in [5, 5.41) is 1.42. The first-order valence-electron chi connectivity index (χ1n) is 4.05. The van der Waals surface area contributed by atoms with Crippen molar-refractivity contribution < 1.29 is 4.42 Å². The molecule has 0 unspecified atom stereocenters. The second-order valence-electron chi connectivity index (χ2n) is 2.79. The predicted octanol–water partition coefficient (Wildman–Crippen LogP) is 2.11. The van der Waals surface area contributed by atoms with Crippen molar-refractivity contribution in [2.45, 2.75) is 17.2 Å². The molecule has 5 heteroatoms. The third kappa shape index (κ3) is 2.05. The van der Waals surface area contributed by atoms with E-state index in [1.165, 1.54) is 11.8 Å². The molecular weight excluding hydrogens is 198 g/mol. The molecule has 2 aromatic heterocycles. The zero-order chi connectivity index (χ0) is 9.97. The highest BCUT2D eigenvalue weighted by Crippen LogP contribution is 2.24. The molecule has 2 rings (SSSR count). The second-order valence-corrected chi connectivity index (χ2v) is 3.76. The van der Waals surface area contributed by atoms with Gasteiger partial charge in [0.1, 0.15) is 11.3 Å². The van der Waals surface area contributed by atoms with Gasteiger partial charge in [-0.1, -0.05) is 0 Å². The van der Waals surface area contributed by atoms with Crippen LogP contribution >= 0.6 is 11.8 Å². The van der Waals surface area contributed by atoms with Crippen LogP contribution in [-0.4, -0.2) is 9.97 Å². The number of hydrogen-bond acceptors (Lipinski definition) is 5. The van der Waals surface area contributed by atoms with Crippen molar-refractivity contribution in [3.05, 3.63) is 30.3 Å². The number of anilines is 1. The Morgan fingerprint density at radius 2 is 2.29 bits per heavy atom. The highest BCUT2D eigenvalue weighted by Gasteiger charge is 2.03. The number of oxazole rings is 1. The first-order chi connectivity index (χ1) is 6.74. The van der Waals surface area contributed by atoms with E-state index in [9.17, 15) is 0 Å². The number of hydrogen-bond donors (Lipinski definition) is 1. The third-order valence-corrected chi connectivity index (χ3v) is 2.36. The third-order valence-electron chi connectivity index (χ3n) is 1.55. The van der Waals surface area contributed by atoms with Crippen LogP contribution in [0, 0.1) is 6.92 Å². The van der Waals surface area contributed by atoms with E-state index in [0.717, 1.165) is 10.7 Å². The first kappa shape index (κ1) is 9.08. The van der Waals surface area contributed by atoms with Gasteiger partial charge in [-0.2, -0.15) is 0 Å². The monoisotopic (exact) mass is 207 g/mol. The van der Waals surface area contributed by atoms with Gasteiger partial charge in [0.2, 0.25) is 0 Å². The molecule has 0 radical (unpaired) electrons. The SMILES string of the molecule is Cc1coc(Sc2ccc(N)cn2)n1. The summed E-state index contributed by atoms with van der Waals surface area (Å²) in [6, 6.07) is 3.63. The Kier molecular flexibility index (Phi) is 2.41. The summed E-state index contributed by atoms with van der Waals surface area (Å²) in [5.74, 6) is 0. The Bertz CT molecular complexity index is 424. The lowest BCUT2D eigenvalue weighted by atomic mass is 10.4. The standard InChI is InChI=1S/C9H9N3OS/c1-6-5-13-9(12-6)14-8-3-2-7(10)4-11-8/h2-5H,10H2,1H3. The average Bonchev–Trinajstić information content (AvgIpc) is 2.56.